The molecule has 0 aliphatic heterocycles. The minimum Gasteiger partial charge on any atom is -0.467 e. The van der Waals surface area contributed by atoms with Crippen LogP contribution in [0.4, 0.5) is 0 Å². The molecule has 2 aromatic heterocycles. The molecule has 2 rings (SSSR count). The molecule has 0 radical (unpaired) electrons. The van der Waals surface area contributed by atoms with Crippen molar-refractivity contribution in [2.24, 2.45) is 4.99 Å². The number of furan rings is 1. The lowest BCUT2D eigenvalue weighted by atomic mass is 10.4. The van der Waals surface area contributed by atoms with Crippen molar-refractivity contribution in [2.75, 3.05) is 7.05 Å². The number of hydrogen-bond donors (Lipinski definition) is 2. The van der Waals surface area contributed by atoms with Crippen LogP contribution in [0.2, 0.25) is 0 Å². The molecule has 0 aliphatic carbocycles. The lowest BCUT2D eigenvalue weighted by Gasteiger charge is -2.09. The van der Waals surface area contributed by atoms with Crippen LogP contribution in [0.25, 0.3) is 0 Å². The molecule has 18 heavy (non-hydrogen) atoms. The predicted molar refractivity (Wildman–Crippen MR) is 83.3 cm³/mol. The Morgan fingerprint density at radius 3 is 2.89 bits per heavy atom. The Bertz CT molecular complexity index is 415. The first kappa shape index (κ1) is 15.0. The number of aliphatic imine (C=N–C) groups is 1. The van der Waals surface area contributed by atoms with E-state index in [9.17, 15) is 0 Å². The fourth-order valence-corrected chi connectivity index (χ4v) is 1.86. The molecular formula is C11H15IN4OS. The largest absolute Gasteiger partial charge is 0.467 e. The van der Waals surface area contributed by atoms with E-state index in [2.05, 4.69) is 20.6 Å². The molecule has 0 aliphatic rings. The van der Waals surface area contributed by atoms with Crippen LogP contribution in [0.15, 0.2) is 39.4 Å². The summed E-state index contributed by atoms with van der Waals surface area (Å²) in [6, 6.07) is 3.78. The van der Waals surface area contributed by atoms with Crippen LogP contribution in [0.3, 0.4) is 0 Å². The van der Waals surface area contributed by atoms with Crippen LogP contribution in [0.5, 0.6) is 0 Å². The normalized spacial score (nSPS) is 10.8. The van der Waals surface area contributed by atoms with E-state index in [-0.39, 0.29) is 24.0 Å². The summed E-state index contributed by atoms with van der Waals surface area (Å²) in [5, 5.41) is 9.32. The summed E-state index contributed by atoms with van der Waals surface area (Å²) in [6.07, 6.45) is 3.45. The molecule has 5 nitrogen and oxygen atoms in total. The van der Waals surface area contributed by atoms with E-state index in [1.165, 1.54) is 0 Å². The van der Waals surface area contributed by atoms with E-state index in [1.807, 2.05) is 17.5 Å². The van der Waals surface area contributed by atoms with Crippen LogP contribution in [0.1, 0.15) is 10.8 Å². The van der Waals surface area contributed by atoms with E-state index in [4.69, 9.17) is 4.42 Å². The second-order valence-electron chi connectivity index (χ2n) is 3.28. The quantitative estimate of drug-likeness (QED) is 0.487. The molecule has 0 spiro atoms. The van der Waals surface area contributed by atoms with Gasteiger partial charge in [-0.05, 0) is 12.1 Å². The summed E-state index contributed by atoms with van der Waals surface area (Å²) in [4.78, 5) is 8.30. The SMILES string of the molecule is CN=C(NCc1ccco1)NCc1nccs1.I. The highest BCUT2D eigenvalue weighted by atomic mass is 127. The van der Waals surface area contributed by atoms with Gasteiger partial charge >= 0.3 is 0 Å². The third-order valence-corrected chi connectivity index (χ3v) is 2.90. The van der Waals surface area contributed by atoms with Gasteiger partial charge in [0.15, 0.2) is 5.96 Å². The lowest BCUT2D eigenvalue weighted by molar-refractivity contribution is 0.501. The molecule has 0 aromatic carbocycles. The maximum absolute atomic E-state index is 5.22. The Balaban J connectivity index is 0.00000162. The number of halogens is 1. The molecule has 0 amide bonds. The molecule has 2 aromatic rings. The molecule has 7 heteroatoms. The van der Waals surface area contributed by atoms with E-state index < -0.39 is 0 Å². The number of nitrogens with one attached hydrogen (secondary N) is 2. The van der Waals surface area contributed by atoms with Crippen molar-refractivity contribution in [3.63, 3.8) is 0 Å². The van der Waals surface area contributed by atoms with Gasteiger partial charge in [0.2, 0.25) is 0 Å². The van der Waals surface area contributed by atoms with Gasteiger partial charge in [-0.15, -0.1) is 35.3 Å². The number of aromatic nitrogens is 1. The Morgan fingerprint density at radius 1 is 1.44 bits per heavy atom. The zero-order chi connectivity index (χ0) is 11.9. The molecule has 0 saturated carbocycles. The van der Waals surface area contributed by atoms with Crippen LogP contribution in [0, 0.1) is 0 Å². The summed E-state index contributed by atoms with van der Waals surface area (Å²) in [7, 11) is 1.74. The monoisotopic (exact) mass is 378 g/mol. The van der Waals surface area contributed by atoms with E-state index in [0.717, 1.165) is 16.7 Å². The number of rotatable bonds is 4. The number of hydrogen-bond acceptors (Lipinski definition) is 4. The highest BCUT2D eigenvalue weighted by Gasteiger charge is 2.01. The first-order chi connectivity index (χ1) is 8.38. The van der Waals surface area contributed by atoms with Crippen molar-refractivity contribution in [3.8, 4) is 0 Å². The molecule has 2 heterocycles. The Labute approximate surface area is 127 Å². The van der Waals surface area contributed by atoms with Gasteiger partial charge in [0, 0.05) is 18.6 Å². The minimum absolute atomic E-state index is 0. The van der Waals surface area contributed by atoms with Crippen LogP contribution < -0.4 is 10.6 Å². The van der Waals surface area contributed by atoms with Crippen molar-refractivity contribution in [1.29, 1.82) is 0 Å². The molecule has 0 fully saturated rings. The van der Waals surface area contributed by atoms with Gasteiger partial charge in [0.25, 0.3) is 0 Å². The maximum Gasteiger partial charge on any atom is 0.191 e. The van der Waals surface area contributed by atoms with Crippen LogP contribution in [-0.2, 0) is 13.1 Å². The smallest absolute Gasteiger partial charge is 0.191 e. The number of thiazole rings is 1. The van der Waals surface area contributed by atoms with Crippen molar-refractivity contribution >= 4 is 41.3 Å². The van der Waals surface area contributed by atoms with Gasteiger partial charge in [0.1, 0.15) is 10.8 Å². The number of nitrogens with zero attached hydrogens (tertiary/aromatic N) is 2. The zero-order valence-corrected chi connectivity index (χ0v) is 13.1. The summed E-state index contributed by atoms with van der Waals surface area (Å²) >= 11 is 1.62. The summed E-state index contributed by atoms with van der Waals surface area (Å²) < 4.78 is 5.22. The summed E-state index contributed by atoms with van der Waals surface area (Å²) in [5.41, 5.74) is 0. The predicted octanol–water partition coefficient (Wildman–Crippen LogP) is 2.22. The van der Waals surface area contributed by atoms with E-state index in [1.54, 1.807) is 30.8 Å². The highest BCUT2D eigenvalue weighted by Crippen LogP contribution is 2.02. The first-order valence-electron chi connectivity index (χ1n) is 5.24. The third kappa shape index (κ3) is 4.65. The highest BCUT2D eigenvalue weighted by molar-refractivity contribution is 14.0. The number of guanidine groups is 1. The fraction of sp³-hybridized carbons (Fsp3) is 0.273. The van der Waals surface area contributed by atoms with E-state index >= 15 is 0 Å². The Hall–Kier alpha value is -1.09. The van der Waals surface area contributed by atoms with Gasteiger partial charge < -0.3 is 15.1 Å². The lowest BCUT2D eigenvalue weighted by Crippen LogP contribution is -2.36. The Kier molecular flexibility index (Phi) is 6.73. The molecule has 0 unspecified atom stereocenters. The van der Waals surface area contributed by atoms with Crippen LogP contribution in [-0.4, -0.2) is 18.0 Å². The van der Waals surface area contributed by atoms with Gasteiger partial charge in [-0.2, -0.15) is 0 Å². The fourth-order valence-electron chi connectivity index (χ4n) is 1.30. The van der Waals surface area contributed by atoms with Gasteiger partial charge in [0.05, 0.1) is 19.4 Å². The molecule has 0 saturated heterocycles. The molecule has 0 bridgehead atoms. The second-order valence-corrected chi connectivity index (χ2v) is 4.26. The third-order valence-electron chi connectivity index (χ3n) is 2.12. The summed E-state index contributed by atoms with van der Waals surface area (Å²) in [5.74, 6) is 1.61. The zero-order valence-electron chi connectivity index (χ0n) is 9.92. The van der Waals surface area contributed by atoms with Gasteiger partial charge in [-0.25, -0.2) is 4.98 Å². The van der Waals surface area contributed by atoms with Crippen molar-refractivity contribution < 1.29 is 4.42 Å². The maximum atomic E-state index is 5.22. The molecule has 0 atom stereocenters. The van der Waals surface area contributed by atoms with Crippen LogP contribution >= 0.6 is 35.3 Å². The molecule has 98 valence electrons. The summed E-state index contributed by atoms with van der Waals surface area (Å²) in [6.45, 7) is 1.29. The average Bonchev–Trinajstić information content (AvgIpc) is 3.02. The van der Waals surface area contributed by atoms with Crippen molar-refractivity contribution in [2.45, 2.75) is 13.1 Å². The Morgan fingerprint density at radius 2 is 2.28 bits per heavy atom. The first-order valence-corrected chi connectivity index (χ1v) is 6.11. The van der Waals surface area contributed by atoms with Crippen molar-refractivity contribution in [1.82, 2.24) is 15.6 Å². The second kappa shape index (κ2) is 8.09. The van der Waals surface area contributed by atoms with Gasteiger partial charge in [-0.3, -0.25) is 4.99 Å². The average molecular weight is 378 g/mol. The molecular weight excluding hydrogens is 363 g/mol. The van der Waals surface area contributed by atoms with E-state index in [0.29, 0.717) is 13.1 Å². The standard InChI is InChI=1S/C11H14N4OS.HI/c1-12-11(14-7-9-3-2-5-16-9)15-8-10-13-4-6-17-10;/h2-6H,7-8H2,1H3,(H2,12,14,15);1H. The topological polar surface area (TPSA) is 62.5 Å². The van der Waals surface area contributed by atoms with Crippen molar-refractivity contribution in [3.05, 3.63) is 40.7 Å². The van der Waals surface area contributed by atoms with Gasteiger partial charge in [-0.1, -0.05) is 0 Å². The minimum atomic E-state index is 0. The molecule has 2 N–H and O–H groups in total.